The third-order valence-electron chi connectivity index (χ3n) is 4.37. The zero-order chi connectivity index (χ0) is 19.4. The molecule has 1 fully saturated rings. The summed E-state index contributed by atoms with van der Waals surface area (Å²) in [5, 5.41) is 0. The number of ether oxygens (including phenoxy) is 3. The van der Waals surface area contributed by atoms with E-state index in [1.165, 1.54) is 0 Å². The molecule has 0 saturated carbocycles. The van der Waals surface area contributed by atoms with Gasteiger partial charge in [0.15, 0.2) is 0 Å². The largest absolute Gasteiger partial charge is 0.459 e. The molecule has 1 aliphatic rings. The van der Waals surface area contributed by atoms with Crippen LogP contribution in [-0.2, 0) is 14.2 Å². The van der Waals surface area contributed by atoms with E-state index in [9.17, 15) is 9.59 Å². The Morgan fingerprint density at radius 2 is 1.48 bits per heavy atom. The standard InChI is InChI=1S/C21H21ClO5/c1-13-3-7-15(8-4-13)20(23)25-12-18-17(11-19(22)26-18)27-21(24)16-9-5-14(2)6-10-16/h3-10,17-19H,11-12H2,1-2H3/t17-,18-,19-/m1/s1. The molecule has 0 N–H and O–H groups in total. The predicted molar refractivity (Wildman–Crippen MR) is 101 cm³/mol. The Bertz CT molecular complexity index is 800. The van der Waals surface area contributed by atoms with Crippen LogP contribution in [0.3, 0.4) is 0 Å². The summed E-state index contributed by atoms with van der Waals surface area (Å²) in [4.78, 5) is 24.5. The minimum absolute atomic E-state index is 0.0399. The number of halogens is 1. The Kier molecular flexibility index (Phi) is 6.14. The third-order valence-corrected chi connectivity index (χ3v) is 4.65. The molecule has 1 aliphatic heterocycles. The van der Waals surface area contributed by atoms with Crippen LogP contribution in [0, 0.1) is 13.8 Å². The van der Waals surface area contributed by atoms with E-state index in [1.807, 2.05) is 38.1 Å². The van der Waals surface area contributed by atoms with Crippen molar-refractivity contribution in [2.24, 2.45) is 0 Å². The molecule has 0 radical (unpaired) electrons. The second-order valence-corrected chi connectivity index (χ2v) is 7.08. The SMILES string of the molecule is Cc1ccc(C(=O)OC[C@H]2O[C@@H](Cl)C[C@H]2OC(=O)c2ccc(C)cc2)cc1. The zero-order valence-electron chi connectivity index (χ0n) is 15.2. The molecule has 2 aromatic carbocycles. The molecule has 0 spiro atoms. The molecule has 3 rings (SSSR count). The fraction of sp³-hybridized carbons (Fsp3) is 0.333. The lowest BCUT2D eigenvalue weighted by molar-refractivity contribution is -0.0322. The summed E-state index contributed by atoms with van der Waals surface area (Å²) < 4.78 is 16.4. The number of carbonyl (C=O) groups excluding carboxylic acids is 2. The minimum atomic E-state index is -0.601. The van der Waals surface area contributed by atoms with Crippen LogP contribution >= 0.6 is 11.6 Å². The van der Waals surface area contributed by atoms with Gasteiger partial charge in [0.05, 0.1) is 11.1 Å². The van der Waals surface area contributed by atoms with E-state index in [1.54, 1.807) is 24.3 Å². The number of aryl methyl sites for hydroxylation is 2. The van der Waals surface area contributed by atoms with Gasteiger partial charge in [-0.3, -0.25) is 0 Å². The van der Waals surface area contributed by atoms with Gasteiger partial charge in [-0.2, -0.15) is 0 Å². The van der Waals surface area contributed by atoms with Crippen molar-refractivity contribution in [1.29, 1.82) is 0 Å². The Balaban J connectivity index is 1.58. The molecule has 0 amide bonds. The Hall–Kier alpha value is -2.37. The number of hydrogen-bond donors (Lipinski definition) is 0. The number of carbonyl (C=O) groups is 2. The summed E-state index contributed by atoms with van der Waals surface area (Å²) in [6.45, 7) is 3.84. The summed E-state index contributed by atoms with van der Waals surface area (Å²) in [6.07, 6.45) is -0.838. The highest BCUT2D eigenvalue weighted by atomic mass is 35.5. The maximum atomic E-state index is 12.3. The molecule has 6 heteroatoms. The lowest BCUT2D eigenvalue weighted by Crippen LogP contribution is -2.32. The van der Waals surface area contributed by atoms with Crippen molar-refractivity contribution in [2.45, 2.75) is 38.0 Å². The van der Waals surface area contributed by atoms with E-state index < -0.39 is 29.7 Å². The van der Waals surface area contributed by atoms with Crippen molar-refractivity contribution in [3.05, 3.63) is 70.8 Å². The van der Waals surface area contributed by atoms with Gasteiger partial charge in [0.25, 0.3) is 0 Å². The molecule has 3 atom stereocenters. The van der Waals surface area contributed by atoms with Gasteiger partial charge in [0.2, 0.25) is 0 Å². The topological polar surface area (TPSA) is 61.8 Å². The van der Waals surface area contributed by atoms with Crippen molar-refractivity contribution in [3.8, 4) is 0 Å². The first-order valence-corrected chi connectivity index (χ1v) is 9.17. The number of benzene rings is 2. The van der Waals surface area contributed by atoms with E-state index in [2.05, 4.69) is 0 Å². The molecule has 1 heterocycles. The number of rotatable bonds is 5. The number of alkyl halides is 1. The van der Waals surface area contributed by atoms with Crippen LogP contribution in [0.15, 0.2) is 48.5 Å². The van der Waals surface area contributed by atoms with Gasteiger partial charge in [-0.25, -0.2) is 9.59 Å². The van der Waals surface area contributed by atoms with Crippen molar-refractivity contribution >= 4 is 23.5 Å². The van der Waals surface area contributed by atoms with Crippen LogP contribution in [0.25, 0.3) is 0 Å². The molecule has 0 bridgehead atoms. The smallest absolute Gasteiger partial charge is 0.338 e. The van der Waals surface area contributed by atoms with Gasteiger partial charge >= 0.3 is 11.9 Å². The van der Waals surface area contributed by atoms with Gasteiger partial charge < -0.3 is 14.2 Å². The van der Waals surface area contributed by atoms with Crippen molar-refractivity contribution in [3.63, 3.8) is 0 Å². The highest BCUT2D eigenvalue weighted by molar-refractivity contribution is 6.19. The second kappa shape index (κ2) is 8.55. The highest BCUT2D eigenvalue weighted by Gasteiger charge is 2.38. The number of hydrogen-bond acceptors (Lipinski definition) is 5. The first-order valence-electron chi connectivity index (χ1n) is 8.73. The first kappa shape index (κ1) is 19.4. The minimum Gasteiger partial charge on any atom is -0.459 e. The molecule has 0 aromatic heterocycles. The lowest BCUT2D eigenvalue weighted by atomic mass is 10.1. The molecule has 27 heavy (non-hydrogen) atoms. The van der Waals surface area contributed by atoms with Crippen molar-refractivity contribution in [1.82, 2.24) is 0 Å². The Labute approximate surface area is 163 Å². The summed E-state index contributed by atoms with van der Waals surface area (Å²) in [5.41, 5.74) is 2.42. The number of esters is 2. The zero-order valence-corrected chi connectivity index (χ0v) is 15.9. The van der Waals surface area contributed by atoms with Gasteiger partial charge in [-0.05, 0) is 38.1 Å². The second-order valence-electron chi connectivity index (χ2n) is 6.59. The van der Waals surface area contributed by atoms with Crippen LogP contribution in [0.4, 0.5) is 0 Å². The molecule has 1 saturated heterocycles. The van der Waals surface area contributed by atoms with Crippen LogP contribution in [0.2, 0.25) is 0 Å². The van der Waals surface area contributed by atoms with Crippen molar-refractivity contribution in [2.75, 3.05) is 6.61 Å². The maximum Gasteiger partial charge on any atom is 0.338 e. The predicted octanol–water partition coefficient (Wildman–Crippen LogP) is 4.04. The summed E-state index contributed by atoms with van der Waals surface area (Å²) in [5.74, 6) is -0.913. The van der Waals surface area contributed by atoms with Crippen molar-refractivity contribution < 1.29 is 23.8 Å². The average Bonchev–Trinajstić information content (AvgIpc) is 3.00. The van der Waals surface area contributed by atoms with Gasteiger partial charge in [0.1, 0.15) is 24.4 Å². The van der Waals surface area contributed by atoms with Gasteiger partial charge in [0, 0.05) is 6.42 Å². The van der Waals surface area contributed by atoms with Gasteiger partial charge in [-0.15, -0.1) is 0 Å². The van der Waals surface area contributed by atoms with E-state index in [4.69, 9.17) is 25.8 Å². The molecule has 0 aliphatic carbocycles. The molecule has 5 nitrogen and oxygen atoms in total. The lowest BCUT2D eigenvalue weighted by Gasteiger charge is -2.19. The average molecular weight is 389 g/mol. The Morgan fingerprint density at radius 1 is 0.963 bits per heavy atom. The monoisotopic (exact) mass is 388 g/mol. The van der Waals surface area contributed by atoms with Crippen LogP contribution in [0.5, 0.6) is 0 Å². The summed E-state index contributed by atoms with van der Waals surface area (Å²) >= 11 is 6.05. The molecule has 2 aromatic rings. The highest BCUT2D eigenvalue weighted by Crippen LogP contribution is 2.27. The fourth-order valence-corrected chi connectivity index (χ4v) is 3.07. The van der Waals surface area contributed by atoms with Crippen LogP contribution in [0.1, 0.15) is 38.3 Å². The van der Waals surface area contributed by atoms with Gasteiger partial charge in [-0.1, -0.05) is 47.0 Å². The van der Waals surface area contributed by atoms with E-state index in [-0.39, 0.29) is 6.61 Å². The Morgan fingerprint density at radius 3 is 2.04 bits per heavy atom. The van der Waals surface area contributed by atoms with E-state index >= 15 is 0 Å². The third kappa shape index (κ3) is 5.08. The maximum absolute atomic E-state index is 12.3. The molecule has 0 unspecified atom stereocenters. The molecular weight excluding hydrogens is 368 g/mol. The quantitative estimate of drug-likeness (QED) is 0.571. The van der Waals surface area contributed by atoms with Crippen LogP contribution < -0.4 is 0 Å². The first-order chi connectivity index (χ1) is 12.9. The normalized spacial score (nSPS) is 21.7. The van der Waals surface area contributed by atoms with E-state index in [0.717, 1.165) is 11.1 Å². The molecule has 142 valence electrons. The molecular formula is C21H21ClO5. The summed E-state index contributed by atoms with van der Waals surface area (Å²) in [6, 6.07) is 14.2. The van der Waals surface area contributed by atoms with Crippen LogP contribution in [-0.4, -0.2) is 36.3 Å². The fourth-order valence-electron chi connectivity index (χ4n) is 2.76. The summed E-state index contributed by atoms with van der Waals surface area (Å²) in [7, 11) is 0. The van der Waals surface area contributed by atoms with E-state index in [0.29, 0.717) is 17.5 Å².